The van der Waals surface area contributed by atoms with Crippen LogP contribution in [0.1, 0.15) is 31.9 Å². The van der Waals surface area contributed by atoms with E-state index in [1.807, 2.05) is 13.1 Å². The Labute approximate surface area is 79.0 Å². The number of nitrogens with zero attached hydrogens (tertiary/aromatic N) is 1. The SMILES string of the molecule is Cc1cnc(NC(C)CC2CC2)[nH]1. The van der Waals surface area contributed by atoms with Crippen molar-refractivity contribution in [2.24, 2.45) is 5.92 Å². The van der Waals surface area contributed by atoms with Crippen LogP contribution in [0.15, 0.2) is 6.20 Å². The summed E-state index contributed by atoms with van der Waals surface area (Å²) < 4.78 is 0. The van der Waals surface area contributed by atoms with Gasteiger partial charge in [-0.3, -0.25) is 0 Å². The van der Waals surface area contributed by atoms with Crippen molar-refractivity contribution in [2.75, 3.05) is 5.32 Å². The van der Waals surface area contributed by atoms with Gasteiger partial charge in [0.2, 0.25) is 0 Å². The number of hydrogen-bond acceptors (Lipinski definition) is 2. The minimum Gasteiger partial charge on any atom is -0.353 e. The molecule has 1 unspecified atom stereocenters. The van der Waals surface area contributed by atoms with Crippen LogP contribution in [0.3, 0.4) is 0 Å². The van der Waals surface area contributed by atoms with E-state index in [2.05, 4.69) is 22.2 Å². The molecule has 0 amide bonds. The number of aromatic nitrogens is 2. The quantitative estimate of drug-likeness (QED) is 0.744. The van der Waals surface area contributed by atoms with Gasteiger partial charge in [-0.15, -0.1) is 0 Å². The molecular formula is C10H17N3. The average molecular weight is 179 g/mol. The minimum atomic E-state index is 0.540. The van der Waals surface area contributed by atoms with Crippen molar-refractivity contribution < 1.29 is 0 Å². The van der Waals surface area contributed by atoms with Crippen LogP contribution in [0.4, 0.5) is 5.95 Å². The minimum absolute atomic E-state index is 0.540. The summed E-state index contributed by atoms with van der Waals surface area (Å²) in [5.74, 6) is 1.88. The first-order chi connectivity index (χ1) is 6.24. The van der Waals surface area contributed by atoms with Gasteiger partial charge in [0, 0.05) is 17.9 Å². The van der Waals surface area contributed by atoms with Crippen LogP contribution < -0.4 is 5.32 Å². The van der Waals surface area contributed by atoms with Crippen LogP contribution in [-0.4, -0.2) is 16.0 Å². The fourth-order valence-corrected chi connectivity index (χ4v) is 1.63. The predicted molar refractivity (Wildman–Crippen MR) is 53.8 cm³/mol. The molecular weight excluding hydrogens is 162 g/mol. The first kappa shape index (κ1) is 8.60. The molecule has 0 spiro atoms. The molecule has 1 saturated carbocycles. The molecule has 3 nitrogen and oxygen atoms in total. The van der Waals surface area contributed by atoms with Gasteiger partial charge in [0.05, 0.1) is 0 Å². The van der Waals surface area contributed by atoms with Gasteiger partial charge < -0.3 is 10.3 Å². The summed E-state index contributed by atoms with van der Waals surface area (Å²) in [6.45, 7) is 4.24. The van der Waals surface area contributed by atoms with E-state index in [0.29, 0.717) is 6.04 Å². The lowest BCUT2D eigenvalue weighted by molar-refractivity contribution is 0.638. The van der Waals surface area contributed by atoms with Gasteiger partial charge >= 0.3 is 0 Å². The molecule has 0 bridgehead atoms. The molecule has 0 radical (unpaired) electrons. The highest BCUT2D eigenvalue weighted by Gasteiger charge is 2.23. The second-order valence-corrected chi connectivity index (χ2v) is 4.14. The second-order valence-electron chi connectivity index (χ2n) is 4.14. The molecule has 13 heavy (non-hydrogen) atoms. The van der Waals surface area contributed by atoms with Crippen LogP contribution in [-0.2, 0) is 0 Å². The van der Waals surface area contributed by atoms with Crippen molar-refractivity contribution in [2.45, 2.75) is 39.2 Å². The Hall–Kier alpha value is -0.990. The van der Waals surface area contributed by atoms with Crippen LogP contribution in [0.25, 0.3) is 0 Å². The summed E-state index contributed by atoms with van der Waals surface area (Å²) >= 11 is 0. The molecule has 72 valence electrons. The molecule has 1 atom stereocenters. The summed E-state index contributed by atoms with van der Waals surface area (Å²) in [6, 6.07) is 0.540. The molecule has 0 saturated heterocycles. The van der Waals surface area contributed by atoms with Gasteiger partial charge in [0.25, 0.3) is 0 Å². The van der Waals surface area contributed by atoms with Crippen LogP contribution in [0, 0.1) is 12.8 Å². The van der Waals surface area contributed by atoms with E-state index in [4.69, 9.17) is 0 Å². The summed E-state index contributed by atoms with van der Waals surface area (Å²) in [5, 5.41) is 3.37. The van der Waals surface area contributed by atoms with Gasteiger partial charge in [-0.25, -0.2) is 4.98 Å². The third kappa shape index (κ3) is 2.47. The summed E-state index contributed by atoms with van der Waals surface area (Å²) in [6.07, 6.45) is 5.97. The van der Waals surface area contributed by atoms with E-state index < -0.39 is 0 Å². The summed E-state index contributed by atoms with van der Waals surface area (Å²) in [7, 11) is 0. The lowest BCUT2D eigenvalue weighted by Crippen LogP contribution is -2.16. The van der Waals surface area contributed by atoms with E-state index in [1.165, 1.54) is 19.3 Å². The molecule has 1 aromatic rings. The zero-order chi connectivity index (χ0) is 9.26. The highest BCUT2D eigenvalue weighted by Crippen LogP contribution is 2.33. The maximum atomic E-state index is 4.22. The monoisotopic (exact) mass is 179 g/mol. The summed E-state index contributed by atoms with van der Waals surface area (Å²) in [5.41, 5.74) is 1.11. The largest absolute Gasteiger partial charge is 0.353 e. The number of aryl methyl sites for hydroxylation is 1. The molecule has 2 rings (SSSR count). The third-order valence-electron chi connectivity index (χ3n) is 2.47. The smallest absolute Gasteiger partial charge is 0.200 e. The number of nitrogens with one attached hydrogen (secondary N) is 2. The first-order valence-electron chi connectivity index (χ1n) is 5.02. The van der Waals surface area contributed by atoms with E-state index in [1.54, 1.807) is 0 Å². The Balaban J connectivity index is 1.82. The number of imidazole rings is 1. The van der Waals surface area contributed by atoms with Crippen molar-refractivity contribution in [1.29, 1.82) is 0 Å². The van der Waals surface area contributed by atoms with Crippen molar-refractivity contribution in [3.63, 3.8) is 0 Å². The molecule has 1 aliphatic carbocycles. The van der Waals surface area contributed by atoms with Crippen molar-refractivity contribution in [3.05, 3.63) is 11.9 Å². The van der Waals surface area contributed by atoms with Gasteiger partial charge in [-0.05, 0) is 26.2 Å². The number of aromatic amines is 1. The molecule has 3 heteroatoms. The second kappa shape index (κ2) is 3.40. The van der Waals surface area contributed by atoms with E-state index in [0.717, 1.165) is 17.6 Å². The maximum absolute atomic E-state index is 4.22. The van der Waals surface area contributed by atoms with Gasteiger partial charge in [-0.2, -0.15) is 0 Å². The van der Waals surface area contributed by atoms with Crippen LogP contribution in [0.5, 0.6) is 0 Å². The van der Waals surface area contributed by atoms with Gasteiger partial charge in [-0.1, -0.05) is 12.8 Å². The maximum Gasteiger partial charge on any atom is 0.200 e. The Bertz CT molecular complexity index is 275. The van der Waals surface area contributed by atoms with E-state index in [9.17, 15) is 0 Å². The van der Waals surface area contributed by atoms with Gasteiger partial charge in [0.15, 0.2) is 5.95 Å². The molecule has 2 N–H and O–H groups in total. The number of hydrogen-bond donors (Lipinski definition) is 2. The highest BCUT2D eigenvalue weighted by atomic mass is 15.1. The Kier molecular flexibility index (Phi) is 2.25. The Morgan fingerprint density at radius 2 is 2.46 bits per heavy atom. The highest BCUT2D eigenvalue weighted by molar-refractivity contribution is 5.27. The zero-order valence-corrected chi connectivity index (χ0v) is 8.30. The molecule has 1 aromatic heterocycles. The van der Waals surface area contributed by atoms with Crippen molar-refractivity contribution >= 4 is 5.95 Å². The molecule has 0 aliphatic heterocycles. The fraction of sp³-hybridized carbons (Fsp3) is 0.700. The normalized spacial score (nSPS) is 18.6. The standard InChI is InChI=1S/C10H17N3/c1-7(5-9-3-4-9)12-10-11-6-8(2)13-10/h6-7,9H,3-5H2,1-2H3,(H2,11,12,13). The lowest BCUT2D eigenvalue weighted by atomic mass is 10.2. The van der Waals surface area contributed by atoms with Gasteiger partial charge in [0.1, 0.15) is 0 Å². The van der Waals surface area contributed by atoms with Crippen LogP contribution >= 0.6 is 0 Å². The molecule has 1 fully saturated rings. The van der Waals surface area contributed by atoms with Crippen LogP contribution in [0.2, 0.25) is 0 Å². The average Bonchev–Trinajstić information content (AvgIpc) is 2.76. The zero-order valence-electron chi connectivity index (χ0n) is 8.30. The third-order valence-corrected chi connectivity index (χ3v) is 2.47. The number of anilines is 1. The number of H-pyrrole nitrogens is 1. The lowest BCUT2D eigenvalue weighted by Gasteiger charge is -2.11. The molecule has 1 aliphatic rings. The molecule has 1 heterocycles. The van der Waals surface area contributed by atoms with Crippen molar-refractivity contribution in [3.8, 4) is 0 Å². The number of rotatable bonds is 4. The van der Waals surface area contributed by atoms with E-state index in [-0.39, 0.29) is 0 Å². The molecule has 0 aromatic carbocycles. The summed E-state index contributed by atoms with van der Waals surface area (Å²) in [4.78, 5) is 7.40. The fourth-order valence-electron chi connectivity index (χ4n) is 1.63. The topological polar surface area (TPSA) is 40.7 Å². The Morgan fingerprint density at radius 3 is 3.00 bits per heavy atom. The van der Waals surface area contributed by atoms with E-state index >= 15 is 0 Å². The van der Waals surface area contributed by atoms with Crippen molar-refractivity contribution in [1.82, 2.24) is 9.97 Å². The Morgan fingerprint density at radius 1 is 1.69 bits per heavy atom. The first-order valence-corrected chi connectivity index (χ1v) is 5.02. The predicted octanol–water partition coefficient (Wildman–Crippen LogP) is 2.32.